The first-order chi connectivity index (χ1) is 8.08. The van der Waals surface area contributed by atoms with Crippen LogP contribution < -0.4 is 11.1 Å². The summed E-state index contributed by atoms with van der Waals surface area (Å²) in [5, 5.41) is 2.44. The molecule has 0 spiro atoms. The van der Waals surface area contributed by atoms with Crippen molar-refractivity contribution in [3.05, 3.63) is 42.2 Å². The number of aromatic nitrogens is 2. The second-order valence-corrected chi connectivity index (χ2v) is 3.58. The van der Waals surface area contributed by atoms with Crippen molar-refractivity contribution in [3.63, 3.8) is 0 Å². The van der Waals surface area contributed by atoms with E-state index in [2.05, 4.69) is 10.3 Å². The fraction of sp³-hybridized carbons (Fsp3) is 0.0909. The number of nitrogens with one attached hydrogen (secondary N) is 1. The van der Waals surface area contributed by atoms with Crippen LogP contribution in [0.15, 0.2) is 30.7 Å². The van der Waals surface area contributed by atoms with Crippen molar-refractivity contribution in [1.82, 2.24) is 9.55 Å². The summed E-state index contributed by atoms with van der Waals surface area (Å²) in [6, 6.07) is 3.99. The molecular formula is C11H11FN4O. The standard InChI is InChI=1S/C11H11FN4O/c1-16-6-14-5-10(16)11(17)15-9-4-7(13)2-3-8(9)12/h2-6H,13H2,1H3,(H,15,17). The van der Waals surface area contributed by atoms with Gasteiger partial charge in [0.2, 0.25) is 0 Å². The van der Waals surface area contributed by atoms with Gasteiger partial charge in [-0.3, -0.25) is 4.79 Å². The number of nitrogens with zero attached hydrogens (tertiary/aromatic N) is 2. The third kappa shape index (κ3) is 2.25. The first kappa shape index (κ1) is 11.1. The van der Waals surface area contributed by atoms with E-state index >= 15 is 0 Å². The molecule has 0 aliphatic rings. The zero-order valence-corrected chi connectivity index (χ0v) is 9.14. The number of amides is 1. The van der Waals surface area contributed by atoms with Gasteiger partial charge in [0.25, 0.3) is 5.91 Å². The van der Waals surface area contributed by atoms with Gasteiger partial charge in [0.15, 0.2) is 0 Å². The SMILES string of the molecule is Cn1cncc1C(=O)Nc1cc(N)ccc1F. The lowest BCUT2D eigenvalue weighted by Gasteiger charge is -2.07. The average Bonchev–Trinajstić information content (AvgIpc) is 2.70. The predicted molar refractivity (Wildman–Crippen MR) is 62.0 cm³/mol. The van der Waals surface area contributed by atoms with Crippen LogP contribution in [0.4, 0.5) is 15.8 Å². The molecule has 2 aromatic rings. The summed E-state index contributed by atoms with van der Waals surface area (Å²) >= 11 is 0. The van der Waals surface area contributed by atoms with E-state index in [0.29, 0.717) is 11.4 Å². The summed E-state index contributed by atoms with van der Waals surface area (Å²) in [4.78, 5) is 15.6. The molecule has 1 aromatic heterocycles. The second kappa shape index (κ2) is 4.25. The van der Waals surface area contributed by atoms with E-state index in [-0.39, 0.29) is 5.69 Å². The Morgan fingerprint density at radius 2 is 2.29 bits per heavy atom. The number of aryl methyl sites for hydroxylation is 1. The van der Waals surface area contributed by atoms with Gasteiger partial charge in [-0.2, -0.15) is 0 Å². The molecule has 88 valence electrons. The summed E-state index contributed by atoms with van der Waals surface area (Å²) in [5.41, 5.74) is 6.29. The number of carbonyl (C=O) groups is 1. The van der Waals surface area contributed by atoms with Crippen LogP contribution in [0.3, 0.4) is 0 Å². The van der Waals surface area contributed by atoms with Gasteiger partial charge in [-0.05, 0) is 18.2 Å². The van der Waals surface area contributed by atoms with Gasteiger partial charge in [0.05, 0.1) is 18.2 Å². The maximum atomic E-state index is 13.4. The van der Waals surface area contributed by atoms with Gasteiger partial charge in [-0.1, -0.05) is 0 Å². The molecular weight excluding hydrogens is 223 g/mol. The van der Waals surface area contributed by atoms with Crippen molar-refractivity contribution < 1.29 is 9.18 Å². The number of benzene rings is 1. The Morgan fingerprint density at radius 3 is 2.94 bits per heavy atom. The first-order valence-corrected chi connectivity index (χ1v) is 4.90. The molecule has 3 N–H and O–H groups in total. The molecule has 1 heterocycles. The van der Waals surface area contributed by atoms with E-state index in [9.17, 15) is 9.18 Å². The van der Waals surface area contributed by atoms with Crippen LogP contribution >= 0.6 is 0 Å². The molecule has 0 radical (unpaired) electrons. The highest BCUT2D eigenvalue weighted by molar-refractivity contribution is 6.03. The fourth-order valence-corrected chi connectivity index (χ4v) is 1.40. The van der Waals surface area contributed by atoms with Crippen LogP contribution in [-0.4, -0.2) is 15.5 Å². The molecule has 0 unspecified atom stereocenters. The summed E-state index contributed by atoms with van der Waals surface area (Å²) in [6.45, 7) is 0. The number of nitrogen functional groups attached to an aromatic ring is 1. The van der Waals surface area contributed by atoms with Crippen molar-refractivity contribution in [2.24, 2.45) is 7.05 Å². The lowest BCUT2D eigenvalue weighted by atomic mass is 10.2. The smallest absolute Gasteiger partial charge is 0.274 e. The Bertz CT molecular complexity index is 564. The van der Waals surface area contributed by atoms with E-state index in [1.54, 1.807) is 11.6 Å². The van der Waals surface area contributed by atoms with Crippen LogP contribution in [0, 0.1) is 5.82 Å². The number of rotatable bonds is 2. The number of nitrogens with two attached hydrogens (primary N) is 1. The highest BCUT2D eigenvalue weighted by atomic mass is 19.1. The Kier molecular flexibility index (Phi) is 2.78. The Morgan fingerprint density at radius 1 is 1.53 bits per heavy atom. The highest BCUT2D eigenvalue weighted by Crippen LogP contribution is 2.18. The number of anilines is 2. The molecule has 0 bridgehead atoms. The molecule has 5 nitrogen and oxygen atoms in total. The minimum Gasteiger partial charge on any atom is -0.399 e. The monoisotopic (exact) mass is 234 g/mol. The Labute approximate surface area is 97.1 Å². The van der Waals surface area contributed by atoms with E-state index in [4.69, 9.17) is 5.73 Å². The largest absolute Gasteiger partial charge is 0.399 e. The lowest BCUT2D eigenvalue weighted by molar-refractivity contribution is 0.101. The van der Waals surface area contributed by atoms with Crippen molar-refractivity contribution in [3.8, 4) is 0 Å². The minimum atomic E-state index is -0.533. The number of imidazole rings is 1. The predicted octanol–water partition coefficient (Wildman–Crippen LogP) is 1.39. The van der Waals surface area contributed by atoms with E-state index < -0.39 is 11.7 Å². The van der Waals surface area contributed by atoms with Gasteiger partial charge < -0.3 is 15.6 Å². The van der Waals surface area contributed by atoms with Crippen molar-refractivity contribution in [2.75, 3.05) is 11.1 Å². The molecule has 0 saturated carbocycles. The quantitative estimate of drug-likeness (QED) is 0.771. The molecule has 0 atom stereocenters. The maximum absolute atomic E-state index is 13.4. The summed E-state index contributed by atoms with van der Waals surface area (Å²) < 4.78 is 14.9. The van der Waals surface area contributed by atoms with Crippen molar-refractivity contribution >= 4 is 17.3 Å². The zero-order chi connectivity index (χ0) is 12.4. The molecule has 0 aliphatic heterocycles. The van der Waals surface area contributed by atoms with Gasteiger partial charge in [0, 0.05) is 12.7 Å². The van der Waals surface area contributed by atoms with Gasteiger partial charge >= 0.3 is 0 Å². The molecule has 1 amide bonds. The second-order valence-electron chi connectivity index (χ2n) is 3.58. The third-order valence-electron chi connectivity index (χ3n) is 2.29. The van der Waals surface area contributed by atoms with Crippen LogP contribution in [0.25, 0.3) is 0 Å². The molecule has 2 rings (SSSR count). The summed E-state index contributed by atoms with van der Waals surface area (Å²) in [5.74, 6) is -0.968. The number of hydrogen-bond acceptors (Lipinski definition) is 3. The Hall–Kier alpha value is -2.37. The Balaban J connectivity index is 2.24. The molecule has 17 heavy (non-hydrogen) atoms. The van der Waals surface area contributed by atoms with Crippen molar-refractivity contribution in [1.29, 1.82) is 0 Å². The van der Waals surface area contributed by atoms with E-state index in [1.165, 1.54) is 30.7 Å². The maximum Gasteiger partial charge on any atom is 0.274 e. The normalized spacial score (nSPS) is 10.2. The van der Waals surface area contributed by atoms with E-state index in [0.717, 1.165) is 0 Å². The zero-order valence-electron chi connectivity index (χ0n) is 9.14. The molecule has 1 aromatic carbocycles. The minimum absolute atomic E-state index is 0.0520. The number of carbonyl (C=O) groups excluding carboxylic acids is 1. The van der Waals surface area contributed by atoms with Crippen LogP contribution in [0.1, 0.15) is 10.5 Å². The van der Waals surface area contributed by atoms with Gasteiger partial charge in [-0.15, -0.1) is 0 Å². The van der Waals surface area contributed by atoms with Crippen LogP contribution in [0.2, 0.25) is 0 Å². The molecule has 0 fully saturated rings. The van der Waals surface area contributed by atoms with Crippen molar-refractivity contribution in [2.45, 2.75) is 0 Å². The van der Waals surface area contributed by atoms with Crippen LogP contribution in [-0.2, 0) is 7.05 Å². The highest BCUT2D eigenvalue weighted by Gasteiger charge is 2.12. The number of halogens is 1. The average molecular weight is 234 g/mol. The summed E-state index contributed by atoms with van der Waals surface area (Å²) in [6.07, 6.45) is 2.89. The summed E-state index contributed by atoms with van der Waals surface area (Å²) in [7, 11) is 1.68. The molecule has 0 saturated heterocycles. The molecule has 0 aliphatic carbocycles. The third-order valence-corrected chi connectivity index (χ3v) is 2.29. The van der Waals surface area contributed by atoms with Gasteiger partial charge in [-0.25, -0.2) is 9.37 Å². The van der Waals surface area contributed by atoms with Crippen LogP contribution in [0.5, 0.6) is 0 Å². The fourth-order valence-electron chi connectivity index (χ4n) is 1.40. The first-order valence-electron chi connectivity index (χ1n) is 4.90. The number of hydrogen-bond donors (Lipinski definition) is 2. The van der Waals surface area contributed by atoms with Gasteiger partial charge in [0.1, 0.15) is 11.5 Å². The molecule has 6 heteroatoms. The van der Waals surface area contributed by atoms with E-state index in [1.807, 2.05) is 0 Å². The topological polar surface area (TPSA) is 72.9 Å². The lowest BCUT2D eigenvalue weighted by Crippen LogP contribution is -2.16.